The molecule has 3 aliphatic heterocycles. The molecule has 8 heteroatoms. The summed E-state index contributed by atoms with van der Waals surface area (Å²) < 4.78 is 0. The van der Waals surface area contributed by atoms with E-state index in [0.717, 1.165) is 104 Å². The van der Waals surface area contributed by atoms with E-state index >= 15 is 0 Å². The van der Waals surface area contributed by atoms with Crippen LogP contribution in [-0.4, -0.2) is 58.8 Å². The van der Waals surface area contributed by atoms with Crippen LogP contribution in [0, 0.1) is 19.3 Å². The van der Waals surface area contributed by atoms with Gasteiger partial charge in [0.1, 0.15) is 5.82 Å². The first-order valence-electron chi connectivity index (χ1n) is 15.6. The van der Waals surface area contributed by atoms with E-state index in [0.29, 0.717) is 5.41 Å². The molecular weight excluding hydrogens is 524 g/mol. The molecule has 2 fully saturated rings. The van der Waals surface area contributed by atoms with Crippen molar-refractivity contribution in [2.75, 3.05) is 47.4 Å². The number of piperidine rings is 2. The predicted molar refractivity (Wildman–Crippen MR) is 169 cm³/mol. The highest BCUT2D eigenvalue weighted by Crippen LogP contribution is 2.42. The van der Waals surface area contributed by atoms with Crippen molar-refractivity contribution in [1.29, 1.82) is 0 Å². The average Bonchev–Trinajstić information content (AvgIpc) is 2.98. The van der Waals surface area contributed by atoms with Gasteiger partial charge in [-0.05, 0) is 80.5 Å². The molecule has 1 N–H and O–H groups in total. The van der Waals surface area contributed by atoms with Crippen molar-refractivity contribution >= 4 is 23.4 Å². The zero-order valence-corrected chi connectivity index (χ0v) is 25.6. The molecule has 3 aromatic rings. The Morgan fingerprint density at radius 2 is 1.64 bits per heavy atom. The first-order valence-corrected chi connectivity index (χ1v) is 15.6. The topological polar surface area (TPSA) is 85.7 Å². The number of carboxylic acid groups (broad SMARTS) is 1. The van der Waals surface area contributed by atoms with Gasteiger partial charge in [-0.15, -0.1) is 0 Å². The van der Waals surface area contributed by atoms with E-state index < -0.39 is 5.97 Å². The van der Waals surface area contributed by atoms with Gasteiger partial charge in [0.25, 0.3) is 0 Å². The third-order valence-corrected chi connectivity index (χ3v) is 9.52. The molecule has 0 spiro atoms. The molecule has 1 aromatic carbocycles. The van der Waals surface area contributed by atoms with Crippen LogP contribution in [-0.2, 0) is 24.2 Å². The Morgan fingerprint density at radius 1 is 0.881 bits per heavy atom. The van der Waals surface area contributed by atoms with Crippen molar-refractivity contribution < 1.29 is 9.90 Å². The molecule has 0 radical (unpaired) electrons. The van der Waals surface area contributed by atoms with Crippen molar-refractivity contribution in [3.8, 4) is 11.1 Å². The van der Waals surface area contributed by atoms with Crippen molar-refractivity contribution in [2.45, 2.75) is 79.2 Å². The Kier molecular flexibility index (Phi) is 7.81. The summed E-state index contributed by atoms with van der Waals surface area (Å²) in [6.07, 6.45) is 8.69. The van der Waals surface area contributed by atoms with Gasteiger partial charge in [-0.25, -0.2) is 4.98 Å². The smallest absolute Gasteiger partial charge is 0.307 e. The number of carbonyl (C=O) groups is 1. The van der Waals surface area contributed by atoms with Gasteiger partial charge in [0, 0.05) is 68.0 Å². The van der Waals surface area contributed by atoms with Crippen LogP contribution in [0.25, 0.3) is 11.1 Å². The van der Waals surface area contributed by atoms with Gasteiger partial charge in [-0.3, -0.25) is 9.78 Å². The molecule has 222 valence electrons. The fraction of sp³-hybridized carbons (Fsp3) is 0.529. The molecule has 0 unspecified atom stereocenters. The quantitative estimate of drug-likeness (QED) is 0.390. The summed E-state index contributed by atoms with van der Waals surface area (Å²) in [5.41, 5.74) is 8.88. The molecule has 42 heavy (non-hydrogen) atoms. The van der Waals surface area contributed by atoms with E-state index in [1.807, 2.05) is 19.2 Å². The SMILES string of the molecule is Cc1nc(C)c(-c2ccc3c(c2)CCN(c2ccnc(N4CCCCC4)n2)C3)c(N2CCC(C)(C)CC2)c1CC(=O)O. The number of aromatic nitrogens is 3. The lowest BCUT2D eigenvalue weighted by Gasteiger charge is -2.40. The number of benzene rings is 1. The minimum Gasteiger partial charge on any atom is -0.481 e. The number of carboxylic acids is 1. The molecule has 3 aliphatic rings. The summed E-state index contributed by atoms with van der Waals surface area (Å²) in [6.45, 7) is 14.3. The molecule has 6 rings (SSSR count). The van der Waals surface area contributed by atoms with E-state index in [4.69, 9.17) is 9.97 Å². The van der Waals surface area contributed by atoms with Crippen LogP contribution >= 0.6 is 0 Å². The Hall–Kier alpha value is -3.68. The van der Waals surface area contributed by atoms with E-state index in [9.17, 15) is 9.90 Å². The summed E-state index contributed by atoms with van der Waals surface area (Å²) in [5, 5.41) is 9.83. The number of aryl methyl sites for hydroxylation is 2. The van der Waals surface area contributed by atoms with Crippen LogP contribution in [0.1, 0.15) is 74.0 Å². The molecule has 2 aromatic heterocycles. The summed E-state index contributed by atoms with van der Waals surface area (Å²) >= 11 is 0. The molecule has 0 bridgehead atoms. The maximum absolute atomic E-state index is 12.0. The van der Waals surface area contributed by atoms with Gasteiger partial charge < -0.3 is 19.8 Å². The molecule has 0 atom stereocenters. The van der Waals surface area contributed by atoms with Gasteiger partial charge in [0.05, 0.1) is 12.1 Å². The van der Waals surface area contributed by atoms with Crippen molar-refractivity contribution in [1.82, 2.24) is 15.0 Å². The van der Waals surface area contributed by atoms with E-state index in [2.05, 4.69) is 58.7 Å². The van der Waals surface area contributed by atoms with Crippen LogP contribution in [0.4, 0.5) is 17.5 Å². The van der Waals surface area contributed by atoms with Gasteiger partial charge >= 0.3 is 5.97 Å². The predicted octanol–water partition coefficient (Wildman–Crippen LogP) is 5.96. The number of nitrogens with zero attached hydrogens (tertiary/aromatic N) is 6. The fourth-order valence-corrected chi connectivity index (χ4v) is 6.93. The number of pyridine rings is 1. The number of anilines is 3. The van der Waals surface area contributed by atoms with E-state index in [1.54, 1.807) is 0 Å². The molecule has 0 saturated carbocycles. The zero-order valence-electron chi connectivity index (χ0n) is 25.6. The number of hydrogen-bond donors (Lipinski definition) is 1. The lowest BCUT2D eigenvalue weighted by atomic mass is 9.82. The highest BCUT2D eigenvalue weighted by molar-refractivity contribution is 5.86. The number of fused-ring (bicyclic) bond motifs is 1. The van der Waals surface area contributed by atoms with Crippen LogP contribution in [0.3, 0.4) is 0 Å². The second-order valence-electron chi connectivity index (χ2n) is 13.1. The van der Waals surface area contributed by atoms with Crippen LogP contribution in [0.2, 0.25) is 0 Å². The summed E-state index contributed by atoms with van der Waals surface area (Å²) in [7, 11) is 0. The standard InChI is InChI=1S/C34H44N6O2/c1-23-28(21-30(41)42)32(38-18-12-34(3,4)13-19-38)31(24(2)36-23)26-8-9-27-22-40(17-11-25(27)20-26)29-10-14-35-33(37-29)39-15-6-5-7-16-39/h8-10,14,20H,5-7,11-13,15-19,21-22H2,1-4H3,(H,41,42). The Morgan fingerprint density at radius 3 is 2.38 bits per heavy atom. The minimum atomic E-state index is -0.813. The summed E-state index contributed by atoms with van der Waals surface area (Å²) in [6, 6.07) is 8.82. The average molecular weight is 569 g/mol. The lowest BCUT2D eigenvalue weighted by molar-refractivity contribution is -0.136. The maximum atomic E-state index is 12.0. The van der Waals surface area contributed by atoms with Gasteiger partial charge in [-0.2, -0.15) is 4.98 Å². The second-order valence-corrected chi connectivity index (χ2v) is 13.1. The molecule has 2 saturated heterocycles. The lowest BCUT2D eigenvalue weighted by Crippen LogP contribution is -2.38. The summed E-state index contributed by atoms with van der Waals surface area (Å²) in [5.74, 6) is 1.03. The Labute approximate surface area is 249 Å². The minimum absolute atomic E-state index is 0.0143. The third kappa shape index (κ3) is 5.81. The first kappa shape index (κ1) is 28.4. The molecular formula is C34H44N6O2. The van der Waals surface area contributed by atoms with Crippen LogP contribution in [0.15, 0.2) is 30.5 Å². The highest BCUT2D eigenvalue weighted by atomic mass is 16.4. The van der Waals surface area contributed by atoms with Crippen LogP contribution < -0.4 is 14.7 Å². The van der Waals surface area contributed by atoms with Gasteiger partial charge in [-0.1, -0.05) is 32.0 Å². The molecule has 0 aliphatic carbocycles. The first-order chi connectivity index (χ1) is 20.2. The molecule has 8 nitrogen and oxygen atoms in total. The van der Waals surface area contributed by atoms with Crippen molar-refractivity contribution in [3.05, 3.63) is 58.5 Å². The highest BCUT2D eigenvalue weighted by Gasteiger charge is 2.31. The third-order valence-electron chi connectivity index (χ3n) is 9.52. The number of aliphatic carboxylic acids is 1. The van der Waals surface area contributed by atoms with E-state index in [-0.39, 0.29) is 6.42 Å². The Balaban J connectivity index is 1.32. The molecule has 5 heterocycles. The van der Waals surface area contributed by atoms with Gasteiger partial charge in [0.15, 0.2) is 0 Å². The fourth-order valence-electron chi connectivity index (χ4n) is 6.93. The summed E-state index contributed by atoms with van der Waals surface area (Å²) in [4.78, 5) is 33.5. The van der Waals surface area contributed by atoms with Crippen molar-refractivity contribution in [2.24, 2.45) is 5.41 Å². The molecule has 0 amide bonds. The number of rotatable bonds is 6. The zero-order chi connectivity index (χ0) is 29.4. The second kappa shape index (κ2) is 11.5. The maximum Gasteiger partial charge on any atom is 0.307 e. The monoisotopic (exact) mass is 568 g/mol. The van der Waals surface area contributed by atoms with Crippen molar-refractivity contribution in [3.63, 3.8) is 0 Å². The van der Waals surface area contributed by atoms with E-state index in [1.165, 1.54) is 30.4 Å². The van der Waals surface area contributed by atoms with Gasteiger partial charge in [0.2, 0.25) is 5.95 Å². The Bertz CT molecular complexity index is 1470. The largest absolute Gasteiger partial charge is 0.481 e. The van der Waals surface area contributed by atoms with Crippen LogP contribution in [0.5, 0.6) is 0 Å². The normalized spacial score (nSPS) is 18.6. The number of hydrogen-bond acceptors (Lipinski definition) is 7.